The van der Waals surface area contributed by atoms with Gasteiger partial charge < -0.3 is 10.6 Å². The van der Waals surface area contributed by atoms with Crippen molar-refractivity contribution in [2.24, 2.45) is 5.73 Å². The Bertz CT molecular complexity index is 473. The fourth-order valence-electron chi connectivity index (χ4n) is 2.51. The van der Waals surface area contributed by atoms with E-state index in [-0.39, 0.29) is 5.91 Å². The van der Waals surface area contributed by atoms with Crippen LogP contribution in [0.15, 0.2) is 22.7 Å². The normalized spacial score (nSPS) is 23.2. The zero-order valence-corrected chi connectivity index (χ0v) is 14.6. The fraction of sp³-hybridized carbons (Fsp3) is 0.500. The van der Waals surface area contributed by atoms with Gasteiger partial charge in [0, 0.05) is 27.2 Å². The van der Waals surface area contributed by atoms with Crippen LogP contribution in [0, 0.1) is 3.57 Å². The van der Waals surface area contributed by atoms with Gasteiger partial charge in [0.1, 0.15) is 0 Å². The highest BCUT2D eigenvalue weighted by molar-refractivity contribution is 14.1. The van der Waals surface area contributed by atoms with Gasteiger partial charge in [0.25, 0.3) is 5.91 Å². The number of carbonyl (C=O) groups excluding carboxylic acids is 1. The molecule has 0 spiro atoms. The SMILES string of the molecule is CN(C(=O)c1cc(Br)ccc1I)C1CCC(N)CC1. The molecule has 19 heavy (non-hydrogen) atoms. The Hall–Kier alpha value is -0.140. The van der Waals surface area contributed by atoms with Crippen molar-refractivity contribution in [3.8, 4) is 0 Å². The van der Waals surface area contributed by atoms with E-state index in [4.69, 9.17) is 5.73 Å². The Balaban J connectivity index is 2.12. The van der Waals surface area contributed by atoms with Gasteiger partial charge in [0.15, 0.2) is 0 Å². The van der Waals surface area contributed by atoms with Crippen LogP contribution in [-0.4, -0.2) is 29.9 Å². The zero-order chi connectivity index (χ0) is 14.0. The summed E-state index contributed by atoms with van der Waals surface area (Å²) in [5, 5.41) is 0. The zero-order valence-electron chi connectivity index (χ0n) is 10.9. The van der Waals surface area contributed by atoms with Crippen LogP contribution in [0.3, 0.4) is 0 Å². The van der Waals surface area contributed by atoms with E-state index in [0.717, 1.165) is 39.3 Å². The summed E-state index contributed by atoms with van der Waals surface area (Å²) in [6.07, 6.45) is 4.04. The monoisotopic (exact) mass is 436 g/mol. The molecule has 0 atom stereocenters. The lowest BCUT2D eigenvalue weighted by Crippen LogP contribution is -2.42. The minimum absolute atomic E-state index is 0.103. The summed E-state index contributed by atoms with van der Waals surface area (Å²) in [6, 6.07) is 6.45. The van der Waals surface area contributed by atoms with Gasteiger partial charge in [-0.05, 0) is 66.5 Å². The third-order valence-corrected chi connectivity index (χ3v) is 5.20. The quantitative estimate of drug-likeness (QED) is 0.722. The van der Waals surface area contributed by atoms with Crippen LogP contribution < -0.4 is 5.73 Å². The molecule has 0 radical (unpaired) electrons. The van der Waals surface area contributed by atoms with Crippen LogP contribution in [0.25, 0.3) is 0 Å². The van der Waals surface area contributed by atoms with Crippen LogP contribution in [0.5, 0.6) is 0 Å². The maximum absolute atomic E-state index is 12.6. The third kappa shape index (κ3) is 3.70. The van der Waals surface area contributed by atoms with Crippen molar-refractivity contribution < 1.29 is 4.79 Å². The van der Waals surface area contributed by atoms with E-state index >= 15 is 0 Å². The number of nitrogens with two attached hydrogens (primary N) is 1. The van der Waals surface area contributed by atoms with Crippen molar-refractivity contribution >= 4 is 44.4 Å². The number of nitrogens with zero attached hydrogens (tertiary/aromatic N) is 1. The molecule has 1 aromatic rings. The number of rotatable bonds is 2. The van der Waals surface area contributed by atoms with Gasteiger partial charge in [0.05, 0.1) is 5.56 Å². The van der Waals surface area contributed by atoms with Crippen LogP contribution in [0.1, 0.15) is 36.0 Å². The molecule has 0 unspecified atom stereocenters. The second kappa shape index (κ2) is 6.54. The molecule has 1 aliphatic carbocycles. The number of hydrogen-bond acceptors (Lipinski definition) is 2. The summed E-state index contributed by atoms with van der Waals surface area (Å²) in [5.41, 5.74) is 6.69. The lowest BCUT2D eigenvalue weighted by molar-refractivity contribution is 0.0689. The molecule has 1 amide bonds. The predicted octanol–water partition coefficient (Wildman–Crippen LogP) is 3.40. The summed E-state index contributed by atoms with van der Waals surface area (Å²) in [4.78, 5) is 14.5. The fourth-order valence-corrected chi connectivity index (χ4v) is 3.43. The molecule has 0 bridgehead atoms. The maximum Gasteiger partial charge on any atom is 0.254 e. The molecular weight excluding hydrogens is 419 g/mol. The molecule has 0 saturated heterocycles. The van der Waals surface area contributed by atoms with Crippen LogP contribution >= 0.6 is 38.5 Å². The minimum Gasteiger partial charge on any atom is -0.339 e. The molecule has 2 N–H and O–H groups in total. The summed E-state index contributed by atoms with van der Waals surface area (Å²) < 4.78 is 1.93. The molecule has 3 nitrogen and oxygen atoms in total. The van der Waals surface area contributed by atoms with Gasteiger partial charge in [-0.25, -0.2) is 0 Å². The molecule has 1 aliphatic rings. The molecule has 0 aromatic heterocycles. The number of halogens is 2. The molecule has 104 valence electrons. The average Bonchev–Trinajstić information content (AvgIpc) is 2.41. The first kappa shape index (κ1) is 15.3. The van der Waals surface area contributed by atoms with Crippen molar-refractivity contribution in [2.45, 2.75) is 37.8 Å². The average molecular weight is 437 g/mol. The Morgan fingerprint density at radius 2 is 2.00 bits per heavy atom. The van der Waals surface area contributed by atoms with Crippen molar-refractivity contribution in [1.82, 2.24) is 4.90 Å². The molecule has 1 aromatic carbocycles. The minimum atomic E-state index is 0.103. The summed E-state index contributed by atoms with van der Waals surface area (Å²) in [7, 11) is 1.90. The lowest BCUT2D eigenvalue weighted by atomic mass is 9.90. The lowest BCUT2D eigenvalue weighted by Gasteiger charge is -2.33. The molecule has 0 heterocycles. The topological polar surface area (TPSA) is 46.3 Å². The first-order valence-corrected chi connectivity index (χ1v) is 8.34. The first-order chi connectivity index (χ1) is 8.99. The highest BCUT2D eigenvalue weighted by Crippen LogP contribution is 2.25. The van der Waals surface area contributed by atoms with Crippen LogP contribution in [0.2, 0.25) is 0 Å². The molecule has 0 aliphatic heterocycles. The van der Waals surface area contributed by atoms with Gasteiger partial charge in [-0.3, -0.25) is 4.79 Å². The Kier molecular flexibility index (Phi) is 5.25. The van der Waals surface area contributed by atoms with Crippen molar-refractivity contribution in [1.29, 1.82) is 0 Å². The molecule has 1 saturated carbocycles. The molecular formula is C14H18BrIN2O. The van der Waals surface area contributed by atoms with E-state index in [0.29, 0.717) is 12.1 Å². The van der Waals surface area contributed by atoms with Crippen LogP contribution in [0.4, 0.5) is 0 Å². The van der Waals surface area contributed by atoms with E-state index in [1.165, 1.54) is 0 Å². The Labute approximate surface area is 136 Å². The molecule has 2 rings (SSSR count). The largest absolute Gasteiger partial charge is 0.339 e. The second-order valence-corrected chi connectivity index (χ2v) is 7.19. The van der Waals surface area contributed by atoms with E-state index in [1.807, 2.05) is 30.1 Å². The van der Waals surface area contributed by atoms with E-state index in [9.17, 15) is 4.79 Å². The smallest absolute Gasteiger partial charge is 0.254 e. The van der Waals surface area contributed by atoms with Gasteiger partial charge >= 0.3 is 0 Å². The van der Waals surface area contributed by atoms with E-state index in [2.05, 4.69) is 38.5 Å². The van der Waals surface area contributed by atoms with Gasteiger partial charge in [0.2, 0.25) is 0 Å². The van der Waals surface area contributed by atoms with Gasteiger partial charge in [-0.2, -0.15) is 0 Å². The Morgan fingerprint density at radius 3 is 2.63 bits per heavy atom. The highest BCUT2D eigenvalue weighted by Gasteiger charge is 2.26. The van der Waals surface area contributed by atoms with Crippen molar-refractivity contribution in [3.63, 3.8) is 0 Å². The standard InChI is InChI=1S/C14H18BrIN2O/c1-18(11-5-3-10(17)4-6-11)14(19)12-8-9(15)2-7-13(12)16/h2,7-8,10-11H,3-6,17H2,1H3. The second-order valence-electron chi connectivity index (χ2n) is 5.11. The van der Waals surface area contributed by atoms with Crippen LogP contribution in [-0.2, 0) is 0 Å². The number of carbonyl (C=O) groups is 1. The van der Waals surface area contributed by atoms with Crippen molar-refractivity contribution in [2.75, 3.05) is 7.05 Å². The highest BCUT2D eigenvalue weighted by atomic mass is 127. The van der Waals surface area contributed by atoms with Crippen molar-refractivity contribution in [3.05, 3.63) is 31.8 Å². The first-order valence-electron chi connectivity index (χ1n) is 6.47. The predicted molar refractivity (Wildman–Crippen MR) is 89.2 cm³/mol. The maximum atomic E-state index is 12.6. The summed E-state index contributed by atoms with van der Waals surface area (Å²) >= 11 is 5.64. The number of hydrogen-bond donors (Lipinski definition) is 1. The third-order valence-electron chi connectivity index (χ3n) is 3.77. The Morgan fingerprint density at radius 1 is 1.37 bits per heavy atom. The molecule has 1 fully saturated rings. The molecule has 5 heteroatoms. The summed E-state index contributed by atoms with van der Waals surface area (Å²) in [6.45, 7) is 0. The van der Waals surface area contributed by atoms with E-state index in [1.54, 1.807) is 0 Å². The van der Waals surface area contributed by atoms with Gasteiger partial charge in [-0.1, -0.05) is 15.9 Å². The van der Waals surface area contributed by atoms with Gasteiger partial charge in [-0.15, -0.1) is 0 Å². The summed E-state index contributed by atoms with van der Waals surface area (Å²) in [5.74, 6) is 0.103. The van der Waals surface area contributed by atoms with E-state index < -0.39 is 0 Å². The number of amides is 1. The number of benzene rings is 1.